The fraction of sp³-hybridized carbons (Fsp3) is 0.0476. The Balaban J connectivity index is 1.59. The van der Waals surface area contributed by atoms with Crippen molar-refractivity contribution in [2.45, 2.75) is 6.18 Å². The molecule has 0 amide bonds. The Morgan fingerprint density at radius 3 is 2.20 bits per heavy atom. The van der Waals surface area contributed by atoms with E-state index in [0.717, 1.165) is 23.3 Å². The first-order valence-electron chi connectivity index (χ1n) is 8.73. The van der Waals surface area contributed by atoms with Gasteiger partial charge in [-0.25, -0.2) is 9.97 Å². The van der Waals surface area contributed by atoms with E-state index in [4.69, 9.17) is 11.6 Å². The number of nitrogens with one attached hydrogen (secondary N) is 1. The lowest BCUT2D eigenvalue weighted by atomic mass is 10.1. The lowest BCUT2D eigenvalue weighted by Crippen LogP contribution is -2.04. The van der Waals surface area contributed by atoms with Crippen molar-refractivity contribution in [3.05, 3.63) is 84.0 Å². The van der Waals surface area contributed by atoms with Gasteiger partial charge < -0.3 is 5.32 Å². The van der Waals surface area contributed by atoms with Crippen LogP contribution in [-0.2, 0) is 6.18 Å². The summed E-state index contributed by atoms with van der Waals surface area (Å²) in [5.74, 6) is 0.401. The molecule has 0 saturated carbocycles. The zero-order chi connectivity index (χ0) is 21.1. The van der Waals surface area contributed by atoms with Crippen molar-refractivity contribution >= 4 is 23.1 Å². The minimum Gasteiger partial charge on any atom is -0.339 e. The molecular weight excluding hydrogens is 415 g/mol. The molecule has 150 valence electrons. The second kappa shape index (κ2) is 8.08. The second-order valence-corrected chi connectivity index (χ2v) is 6.67. The number of hydrogen-bond donors (Lipinski definition) is 1. The number of benzene rings is 1. The van der Waals surface area contributed by atoms with Gasteiger partial charge in [-0.05, 0) is 48.5 Å². The van der Waals surface area contributed by atoms with Crippen molar-refractivity contribution in [2.24, 2.45) is 0 Å². The predicted octanol–water partition coefficient (Wildman–Crippen LogP) is 6.02. The molecule has 1 N–H and O–H groups in total. The van der Waals surface area contributed by atoms with E-state index in [1.165, 1.54) is 18.3 Å². The fourth-order valence-corrected chi connectivity index (χ4v) is 2.94. The van der Waals surface area contributed by atoms with E-state index in [1.54, 1.807) is 36.8 Å². The van der Waals surface area contributed by atoms with Gasteiger partial charge in [0.1, 0.15) is 11.0 Å². The minimum atomic E-state index is -4.38. The Kier molecular flexibility index (Phi) is 5.33. The summed E-state index contributed by atoms with van der Waals surface area (Å²) in [6.45, 7) is 0. The van der Waals surface area contributed by atoms with Crippen molar-refractivity contribution in [1.82, 2.24) is 19.9 Å². The summed E-state index contributed by atoms with van der Waals surface area (Å²) >= 11 is 5.95. The van der Waals surface area contributed by atoms with Crippen LogP contribution in [0.2, 0.25) is 5.15 Å². The van der Waals surface area contributed by atoms with Gasteiger partial charge in [0.2, 0.25) is 0 Å². The average molecular weight is 428 g/mol. The standard InChI is InChI=1S/C21H13ClF3N5/c22-19-10-14(6-8-28-19)17-9-13(5-7-27-17)18-11-26-12-20(30-18)29-16-3-1-15(2-4-16)21(23,24)25/h1-12H,(H,29,30). The van der Waals surface area contributed by atoms with Crippen molar-refractivity contribution in [1.29, 1.82) is 0 Å². The Morgan fingerprint density at radius 1 is 0.800 bits per heavy atom. The zero-order valence-corrected chi connectivity index (χ0v) is 16.0. The van der Waals surface area contributed by atoms with E-state index < -0.39 is 11.7 Å². The molecule has 3 heterocycles. The van der Waals surface area contributed by atoms with Crippen LogP contribution in [0.4, 0.5) is 24.7 Å². The second-order valence-electron chi connectivity index (χ2n) is 6.29. The summed E-state index contributed by atoms with van der Waals surface area (Å²) in [6, 6.07) is 11.8. The summed E-state index contributed by atoms with van der Waals surface area (Å²) in [5, 5.41) is 3.33. The van der Waals surface area contributed by atoms with Gasteiger partial charge in [0, 0.05) is 29.2 Å². The molecule has 4 aromatic rings. The molecule has 0 aliphatic heterocycles. The maximum absolute atomic E-state index is 12.7. The van der Waals surface area contributed by atoms with Crippen LogP contribution < -0.4 is 5.32 Å². The van der Waals surface area contributed by atoms with Crippen LogP contribution >= 0.6 is 11.6 Å². The summed E-state index contributed by atoms with van der Waals surface area (Å²) in [5.41, 5.74) is 2.61. The maximum Gasteiger partial charge on any atom is 0.416 e. The zero-order valence-electron chi connectivity index (χ0n) is 15.2. The maximum atomic E-state index is 12.7. The molecule has 9 heteroatoms. The summed E-state index contributed by atoms with van der Waals surface area (Å²) in [7, 11) is 0. The summed E-state index contributed by atoms with van der Waals surface area (Å²) in [6.07, 6.45) is 1.95. The van der Waals surface area contributed by atoms with Crippen molar-refractivity contribution in [3.63, 3.8) is 0 Å². The van der Waals surface area contributed by atoms with Crippen LogP contribution in [0.5, 0.6) is 0 Å². The monoisotopic (exact) mass is 427 g/mol. The minimum absolute atomic E-state index is 0.363. The number of anilines is 2. The van der Waals surface area contributed by atoms with E-state index in [1.807, 2.05) is 6.07 Å². The van der Waals surface area contributed by atoms with Crippen LogP contribution in [0.1, 0.15) is 5.56 Å². The molecule has 0 spiro atoms. The van der Waals surface area contributed by atoms with Gasteiger partial charge in [0.25, 0.3) is 0 Å². The van der Waals surface area contributed by atoms with E-state index in [9.17, 15) is 13.2 Å². The molecule has 0 fully saturated rings. The lowest BCUT2D eigenvalue weighted by molar-refractivity contribution is -0.137. The number of alkyl halides is 3. The normalized spacial score (nSPS) is 11.3. The number of nitrogens with zero attached hydrogens (tertiary/aromatic N) is 4. The van der Waals surface area contributed by atoms with Gasteiger partial charge in [0.05, 0.1) is 29.3 Å². The molecule has 0 unspecified atom stereocenters. The number of hydrogen-bond acceptors (Lipinski definition) is 5. The first-order chi connectivity index (χ1) is 14.4. The third kappa shape index (κ3) is 4.55. The van der Waals surface area contributed by atoms with Crippen LogP contribution in [0.25, 0.3) is 22.5 Å². The quantitative estimate of drug-likeness (QED) is 0.404. The van der Waals surface area contributed by atoms with Crippen LogP contribution in [0.15, 0.2) is 73.3 Å². The van der Waals surface area contributed by atoms with Gasteiger partial charge in [0.15, 0.2) is 0 Å². The fourth-order valence-electron chi connectivity index (χ4n) is 2.77. The highest BCUT2D eigenvalue weighted by Gasteiger charge is 2.29. The molecule has 1 aromatic carbocycles. The number of pyridine rings is 2. The van der Waals surface area contributed by atoms with E-state index in [0.29, 0.717) is 28.0 Å². The third-order valence-electron chi connectivity index (χ3n) is 4.20. The molecule has 4 rings (SSSR count). The average Bonchev–Trinajstić information content (AvgIpc) is 2.74. The molecule has 30 heavy (non-hydrogen) atoms. The molecule has 3 aromatic heterocycles. The van der Waals surface area contributed by atoms with Crippen molar-refractivity contribution in [2.75, 3.05) is 5.32 Å². The lowest BCUT2D eigenvalue weighted by Gasteiger charge is -2.10. The largest absolute Gasteiger partial charge is 0.416 e. The van der Waals surface area contributed by atoms with Gasteiger partial charge in [-0.1, -0.05) is 11.6 Å². The highest BCUT2D eigenvalue weighted by Crippen LogP contribution is 2.30. The smallest absolute Gasteiger partial charge is 0.339 e. The van der Waals surface area contributed by atoms with Gasteiger partial charge >= 0.3 is 6.18 Å². The van der Waals surface area contributed by atoms with Gasteiger partial charge in [-0.3, -0.25) is 9.97 Å². The predicted molar refractivity (Wildman–Crippen MR) is 108 cm³/mol. The molecule has 5 nitrogen and oxygen atoms in total. The molecule has 0 radical (unpaired) electrons. The first kappa shape index (κ1) is 19.8. The van der Waals surface area contributed by atoms with Crippen LogP contribution in [-0.4, -0.2) is 19.9 Å². The Hall–Kier alpha value is -3.52. The summed E-state index contributed by atoms with van der Waals surface area (Å²) < 4.78 is 38.1. The number of aromatic nitrogens is 4. The van der Waals surface area contributed by atoms with Crippen molar-refractivity contribution in [3.8, 4) is 22.5 Å². The Bertz CT molecular complexity index is 1180. The van der Waals surface area contributed by atoms with Crippen LogP contribution in [0.3, 0.4) is 0 Å². The molecule has 0 saturated heterocycles. The topological polar surface area (TPSA) is 63.6 Å². The van der Waals surface area contributed by atoms with Gasteiger partial charge in [-0.2, -0.15) is 13.2 Å². The Labute approximate surface area is 174 Å². The van der Waals surface area contributed by atoms with Crippen molar-refractivity contribution < 1.29 is 13.2 Å². The highest BCUT2D eigenvalue weighted by molar-refractivity contribution is 6.29. The van der Waals surface area contributed by atoms with Gasteiger partial charge in [-0.15, -0.1) is 0 Å². The van der Waals surface area contributed by atoms with E-state index >= 15 is 0 Å². The molecule has 0 aliphatic rings. The molecular formula is C21H13ClF3N5. The molecule has 0 bridgehead atoms. The number of halogens is 4. The number of rotatable bonds is 4. The molecule has 0 aliphatic carbocycles. The van der Waals surface area contributed by atoms with E-state index in [-0.39, 0.29) is 0 Å². The third-order valence-corrected chi connectivity index (χ3v) is 4.40. The summed E-state index contributed by atoms with van der Waals surface area (Å²) in [4.78, 5) is 17.0. The van der Waals surface area contributed by atoms with Crippen LogP contribution in [0, 0.1) is 0 Å². The Morgan fingerprint density at radius 2 is 1.50 bits per heavy atom. The highest BCUT2D eigenvalue weighted by atomic mass is 35.5. The van der Waals surface area contributed by atoms with E-state index in [2.05, 4.69) is 25.3 Å². The SMILES string of the molecule is FC(F)(F)c1ccc(Nc2cncc(-c3ccnc(-c4ccnc(Cl)c4)c3)n2)cc1. The molecule has 0 atom stereocenters. The first-order valence-corrected chi connectivity index (χ1v) is 9.11.